The lowest BCUT2D eigenvalue weighted by molar-refractivity contribution is -0.580. The summed E-state index contributed by atoms with van der Waals surface area (Å²) >= 11 is 3.68. The summed E-state index contributed by atoms with van der Waals surface area (Å²) in [5.41, 5.74) is 0.852. The van der Waals surface area contributed by atoms with Crippen molar-refractivity contribution >= 4 is 29.8 Å². The van der Waals surface area contributed by atoms with Crippen LogP contribution in [-0.2, 0) is 4.79 Å². The molecule has 0 bridgehead atoms. The molecule has 1 heterocycles. The van der Waals surface area contributed by atoms with E-state index in [2.05, 4.69) is 12.6 Å². The third-order valence-corrected chi connectivity index (χ3v) is 3.10. The smallest absolute Gasteiger partial charge is 0.353 e. The highest BCUT2D eigenvalue weighted by molar-refractivity contribution is 7.85. The van der Waals surface area contributed by atoms with Gasteiger partial charge in [0, 0.05) is 31.9 Å². The van der Waals surface area contributed by atoms with Gasteiger partial charge in [-0.3, -0.25) is 4.79 Å². The van der Waals surface area contributed by atoms with Crippen molar-refractivity contribution in [1.82, 2.24) is 0 Å². The second kappa shape index (κ2) is 3.80. The standard InChI is InChI=1S/C11H10F2N2OS/c1-14(2)7-3-5-15(6-4-7)8-9(16)11(12,13)10(8)17/h3-6H,1-2H3/p+1. The Labute approximate surface area is 103 Å². The highest BCUT2D eigenvalue weighted by Crippen LogP contribution is 2.42. The van der Waals surface area contributed by atoms with Crippen molar-refractivity contribution in [1.29, 1.82) is 0 Å². The Morgan fingerprint density at radius 3 is 2.24 bits per heavy atom. The fraction of sp³-hybridized carbons (Fsp3) is 0.273. The molecule has 0 atom stereocenters. The Morgan fingerprint density at radius 2 is 1.82 bits per heavy atom. The fourth-order valence-electron chi connectivity index (χ4n) is 1.56. The Bertz CT molecular complexity index is 509. The number of carbonyl (C=O) groups excluding carboxylic acids is 1. The average molecular weight is 257 g/mol. The number of carbonyl (C=O) groups is 1. The van der Waals surface area contributed by atoms with Crippen molar-refractivity contribution in [3.8, 4) is 0 Å². The van der Waals surface area contributed by atoms with Crippen LogP contribution in [0.4, 0.5) is 14.5 Å². The maximum absolute atomic E-state index is 13.0. The molecule has 0 fully saturated rings. The van der Waals surface area contributed by atoms with E-state index in [1.54, 1.807) is 24.5 Å². The molecule has 0 radical (unpaired) electrons. The van der Waals surface area contributed by atoms with Crippen LogP contribution in [0.5, 0.6) is 0 Å². The number of thiol groups is 1. The number of Topliss-reactive ketones (excluding diaryl/α,β-unsaturated/α-hetero) is 1. The molecule has 0 N–H and O–H groups in total. The van der Waals surface area contributed by atoms with Crippen molar-refractivity contribution in [2.45, 2.75) is 5.92 Å². The van der Waals surface area contributed by atoms with Crippen LogP contribution in [0.1, 0.15) is 0 Å². The number of ketones is 1. The van der Waals surface area contributed by atoms with Crippen LogP contribution < -0.4 is 9.47 Å². The molecule has 0 saturated heterocycles. The zero-order valence-corrected chi connectivity index (χ0v) is 10.2. The molecule has 0 unspecified atom stereocenters. The highest BCUT2D eigenvalue weighted by Gasteiger charge is 2.60. The van der Waals surface area contributed by atoms with E-state index in [9.17, 15) is 13.6 Å². The summed E-state index contributed by atoms with van der Waals surface area (Å²) < 4.78 is 27.3. The molecule has 0 saturated carbocycles. The van der Waals surface area contributed by atoms with Gasteiger partial charge in [-0.1, -0.05) is 0 Å². The Hall–Kier alpha value is -1.43. The molecule has 1 aromatic rings. The number of hydrogen-bond donors (Lipinski definition) is 1. The number of nitrogens with zero attached hydrogens (tertiary/aromatic N) is 2. The van der Waals surface area contributed by atoms with Crippen LogP contribution in [0.15, 0.2) is 29.4 Å². The minimum Gasteiger partial charge on any atom is -0.377 e. The molecular weight excluding hydrogens is 246 g/mol. The summed E-state index contributed by atoms with van der Waals surface area (Å²) in [5.74, 6) is -4.61. The number of hydrogen-bond acceptors (Lipinski definition) is 3. The van der Waals surface area contributed by atoms with E-state index in [1.165, 1.54) is 4.57 Å². The third-order valence-electron chi connectivity index (χ3n) is 2.61. The van der Waals surface area contributed by atoms with Crippen LogP contribution >= 0.6 is 12.6 Å². The lowest BCUT2D eigenvalue weighted by atomic mass is 9.98. The third kappa shape index (κ3) is 1.72. The van der Waals surface area contributed by atoms with Crippen LogP contribution in [0.3, 0.4) is 0 Å². The van der Waals surface area contributed by atoms with Crippen LogP contribution in [0, 0.1) is 0 Å². The van der Waals surface area contributed by atoms with Gasteiger partial charge in [-0.25, -0.2) is 0 Å². The molecular formula is C11H11F2N2OS+. The maximum Gasteiger partial charge on any atom is 0.353 e. The molecule has 90 valence electrons. The number of allylic oxidation sites excluding steroid dienone is 2. The first kappa shape index (κ1) is 12.0. The number of rotatable bonds is 2. The van der Waals surface area contributed by atoms with E-state index in [4.69, 9.17) is 0 Å². The minimum absolute atomic E-state index is 0.0661. The largest absolute Gasteiger partial charge is 0.377 e. The van der Waals surface area contributed by atoms with Crippen LogP contribution in [-0.4, -0.2) is 25.8 Å². The zero-order chi connectivity index (χ0) is 12.8. The molecule has 0 aromatic carbocycles. The lowest BCUT2D eigenvalue weighted by Crippen LogP contribution is -2.52. The summed E-state index contributed by atoms with van der Waals surface area (Å²) in [4.78, 5) is 12.6. The van der Waals surface area contributed by atoms with Crippen molar-refractivity contribution in [2.24, 2.45) is 0 Å². The van der Waals surface area contributed by atoms with Gasteiger partial charge in [-0.15, -0.1) is 12.6 Å². The second-order valence-electron chi connectivity index (χ2n) is 3.96. The summed E-state index contributed by atoms with van der Waals surface area (Å²) in [6.45, 7) is 0. The molecule has 0 amide bonds. The number of halogens is 2. The summed E-state index contributed by atoms with van der Waals surface area (Å²) in [5, 5.41) is 0. The Morgan fingerprint density at radius 1 is 1.29 bits per heavy atom. The summed E-state index contributed by atoms with van der Waals surface area (Å²) in [6, 6.07) is 3.47. The Kier molecular flexibility index (Phi) is 2.69. The van der Waals surface area contributed by atoms with Crippen LogP contribution in [0.25, 0.3) is 5.70 Å². The summed E-state index contributed by atoms with van der Waals surface area (Å²) in [6.07, 6.45) is 3.13. The van der Waals surface area contributed by atoms with E-state index < -0.39 is 16.6 Å². The predicted octanol–water partition coefficient (Wildman–Crippen LogP) is 1.36. The second-order valence-corrected chi connectivity index (χ2v) is 4.41. The van der Waals surface area contributed by atoms with Gasteiger partial charge in [0.1, 0.15) is 4.91 Å². The van der Waals surface area contributed by atoms with E-state index in [0.717, 1.165) is 5.69 Å². The van der Waals surface area contributed by atoms with E-state index in [0.29, 0.717) is 0 Å². The molecule has 3 nitrogen and oxygen atoms in total. The molecule has 1 aliphatic rings. The van der Waals surface area contributed by atoms with Gasteiger partial charge in [0.05, 0.1) is 0 Å². The van der Waals surface area contributed by atoms with Gasteiger partial charge in [0.25, 0.3) is 5.70 Å². The van der Waals surface area contributed by atoms with E-state index >= 15 is 0 Å². The molecule has 1 aromatic heterocycles. The van der Waals surface area contributed by atoms with E-state index in [-0.39, 0.29) is 5.70 Å². The van der Waals surface area contributed by atoms with E-state index in [1.807, 2.05) is 19.0 Å². The number of pyridine rings is 1. The number of anilines is 1. The molecule has 1 aliphatic carbocycles. The van der Waals surface area contributed by atoms with Crippen molar-refractivity contribution in [2.75, 3.05) is 19.0 Å². The molecule has 17 heavy (non-hydrogen) atoms. The topological polar surface area (TPSA) is 24.2 Å². The molecule has 6 heteroatoms. The molecule has 0 aliphatic heterocycles. The van der Waals surface area contributed by atoms with Gasteiger partial charge in [0.15, 0.2) is 12.4 Å². The van der Waals surface area contributed by atoms with Gasteiger partial charge in [-0.2, -0.15) is 13.3 Å². The Balaban J connectivity index is 2.38. The lowest BCUT2D eigenvalue weighted by Gasteiger charge is -2.23. The number of alkyl halides is 2. The number of aromatic nitrogens is 1. The van der Waals surface area contributed by atoms with Gasteiger partial charge in [-0.05, 0) is 0 Å². The summed E-state index contributed by atoms with van der Waals surface area (Å²) in [7, 11) is 3.73. The SMILES string of the molecule is CN(C)c1cc[n+](C2=C(S)C(F)(F)C2=O)cc1. The van der Waals surface area contributed by atoms with Gasteiger partial charge in [0.2, 0.25) is 0 Å². The van der Waals surface area contributed by atoms with Gasteiger partial charge < -0.3 is 4.90 Å². The normalized spacial score (nSPS) is 18.1. The minimum atomic E-state index is -3.42. The van der Waals surface area contributed by atoms with Crippen molar-refractivity contribution in [3.63, 3.8) is 0 Å². The van der Waals surface area contributed by atoms with Crippen molar-refractivity contribution in [3.05, 3.63) is 29.4 Å². The molecule has 2 rings (SSSR count). The zero-order valence-electron chi connectivity index (χ0n) is 9.32. The predicted molar refractivity (Wildman–Crippen MR) is 63.1 cm³/mol. The van der Waals surface area contributed by atoms with Crippen molar-refractivity contribution < 1.29 is 18.1 Å². The monoisotopic (exact) mass is 257 g/mol. The quantitative estimate of drug-likeness (QED) is 0.639. The van der Waals surface area contributed by atoms with Crippen LogP contribution in [0.2, 0.25) is 0 Å². The first-order valence-electron chi connectivity index (χ1n) is 4.91. The fourth-order valence-corrected chi connectivity index (χ4v) is 1.87. The highest BCUT2D eigenvalue weighted by atomic mass is 32.1. The average Bonchev–Trinajstić information content (AvgIpc) is 2.30. The maximum atomic E-state index is 13.0. The first-order chi connectivity index (χ1) is 7.85. The molecule has 0 spiro atoms. The van der Waals surface area contributed by atoms with Gasteiger partial charge >= 0.3 is 11.7 Å². The first-order valence-corrected chi connectivity index (χ1v) is 5.35.